The Balaban J connectivity index is 1.81. The lowest BCUT2D eigenvalue weighted by molar-refractivity contribution is 0.175. The summed E-state index contributed by atoms with van der Waals surface area (Å²) in [4.78, 5) is 3.65. The highest BCUT2D eigenvalue weighted by molar-refractivity contribution is 7.19. The van der Waals surface area contributed by atoms with E-state index in [9.17, 15) is 5.11 Å². The van der Waals surface area contributed by atoms with Crippen molar-refractivity contribution < 1.29 is 5.11 Å². The van der Waals surface area contributed by atoms with E-state index in [2.05, 4.69) is 17.0 Å². The molecule has 1 aliphatic rings. The number of nitrogens with zero attached hydrogens (tertiary/aromatic N) is 1. The summed E-state index contributed by atoms with van der Waals surface area (Å²) < 4.78 is 1.29. The average Bonchev–Trinajstić information content (AvgIpc) is 2.84. The van der Waals surface area contributed by atoms with Crippen LogP contribution in [0.2, 0.25) is 0 Å². The van der Waals surface area contributed by atoms with E-state index in [0.717, 1.165) is 31.7 Å². The van der Waals surface area contributed by atoms with Gasteiger partial charge in [0.1, 0.15) is 0 Å². The number of aliphatic hydroxyl groups excluding tert-OH is 1. The van der Waals surface area contributed by atoms with Crippen molar-refractivity contribution in [1.29, 1.82) is 0 Å². The monoisotopic (exact) mass is 248 g/mol. The van der Waals surface area contributed by atoms with Gasteiger partial charge in [0.2, 0.25) is 0 Å². The van der Waals surface area contributed by atoms with Gasteiger partial charge in [-0.3, -0.25) is 4.90 Å². The van der Waals surface area contributed by atoms with Gasteiger partial charge in [0.15, 0.2) is 0 Å². The molecule has 3 nitrogen and oxygen atoms in total. The molecule has 0 bridgehead atoms. The van der Waals surface area contributed by atoms with E-state index in [-0.39, 0.29) is 6.10 Å². The summed E-state index contributed by atoms with van der Waals surface area (Å²) in [7, 11) is 0. The number of hydrogen-bond donors (Lipinski definition) is 2. The van der Waals surface area contributed by atoms with Crippen LogP contribution >= 0.6 is 11.3 Å². The maximum atomic E-state index is 9.50. The average molecular weight is 248 g/mol. The van der Waals surface area contributed by atoms with Crippen LogP contribution in [-0.4, -0.2) is 29.2 Å². The summed E-state index contributed by atoms with van der Waals surface area (Å²) >= 11 is 1.82. The van der Waals surface area contributed by atoms with Crippen molar-refractivity contribution >= 4 is 27.1 Å². The van der Waals surface area contributed by atoms with E-state index in [4.69, 9.17) is 5.73 Å². The predicted molar refractivity (Wildman–Crippen MR) is 72.1 cm³/mol. The Kier molecular flexibility index (Phi) is 2.78. The fourth-order valence-electron chi connectivity index (χ4n) is 2.37. The number of anilines is 1. The summed E-state index contributed by atoms with van der Waals surface area (Å²) in [5.74, 6) is 0. The van der Waals surface area contributed by atoms with E-state index in [0.29, 0.717) is 0 Å². The Bertz CT molecular complexity index is 537. The lowest BCUT2D eigenvalue weighted by Crippen LogP contribution is -2.20. The molecule has 3 N–H and O–H groups in total. The highest BCUT2D eigenvalue weighted by Gasteiger charge is 2.20. The van der Waals surface area contributed by atoms with Crippen LogP contribution in [0.4, 0.5) is 5.69 Å². The molecule has 1 saturated heterocycles. The van der Waals surface area contributed by atoms with Crippen LogP contribution in [0.25, 0.3) is 10.1 Å². The zero-order chi connectivity index (χ0) is 11.8. The molecule has 90 valence electrons. The van der Waals surface area contributed by atoms with Crippen LogP contribution < -0.4 is 5.73 Å². The lowest BCUT2D eigenvalue weighted by Gasteiger charge is -2.12. The quantitative estimate of drug-likeness (QED) is 0.800. The Morgan fingerprint density at radius 1 is 1.41 bits per heavy atom. The molecule has 3 rings (SSSR count). The topological polar surface area (TPSA) is 49.5 Å². The van der Waals surface area contributed by atoms with Crippen molar-refractivity contribution in [3.63, 3.8) is 0 Å². The smallest absolute Gasteiger partial charge is 0.0679 e. The minimum Gasteiger partial charge on any atom is -0.399 e. The van der Waals surface area contributed by atoms with Crippen LogP contribution in [0.5, 0.6) is 0 Å². The normalized spacial score (nSPS) is 21.4. The van der Waals surface area contributed by atoms with Crippen LogP contribution in [0.15, 0.2) is 24.3 Å². The standard InChI is InChI=1S/C13H16N2OS/c14-10-1-2-13-9(5-10)6-12(17-13)8-15-4-3-11(16)7-15/h1-2,5-6,11,16H,3-4,7-8,14H2/t11-/m1/s1. The number of fused-ring (bicyclic) bond motifs is 1. The SMILES string of the molecule is Nc1ccc2sc(CN3CC[C@@H](O)C3)cc2c1. The zero-order valence-electron chi connectivity index (χ0n) is 9.60. The minimum atomic E-state index is -0.139. The molecule has 1 aromatic heterocycles. The number of thiophene rings is 1. The molecule has 0 radical (unpaired) electrons. The fraction of sp³-hybridized carbons (Fsp3) is 0.385. The van der Waals surface area contributed by atoms with Crippen LogP contribution in [0, 0.1) is 0 Å². The number of nitrogen functional groups attached to an aromatic ring is 1. The van der Waals surface area contributed by atoms with Gasteiger partial charge in [-0.15, -0.1) is 11.3 Å². The van der Waals surface area contributed by atoms with E-state index in [1.165, 1.54) is 15.0 Å². The van der Waals surface area contributed by atoms with Crippen molar-refractivity contribution in [3.8, 4) is 0 Å². The molecule has 2 heterocycles. The molecule has 1 atom stereocenters. The third-order valence-corrected chi connectivity index (χ3v) is 4.32. The maximum absolute atomic E-state index is 9.50. The molecular weight excluding hydrogens is 232 g/mol. The van der Waals surface area contributed by atoms with E-state index < -0.39 is 0 Å². The number of hydrogen-bond acceptors (Lipinski definition) is 4. The molecule has 0 aliphatic carbocycles. The molecule has 0 amide bonds. The summed E-state index contributed by atoms with van der Waals surface area (Å²) in [6.45, 7) is 2.74. The molecule has 2 aromatic rings. The van der Waals surface area contributed by atoms with E-state index >= 15 is 0 Å². The summed E-state index contributed by atoms with van der Waals surface area (Å²) in [5, 5.41) is 10.7. The lowest BCUT2D eigenvalue weighted by atomic mass is 10.2. The third-order valence-electron chi connectivity index (χ3n) is 3.22. The largest absolute Gasteiger partial charge is 0.399 e. The Labute approximate surface area is 104 Å². The number of nitrogens with two attached hydrogens (primary N) is 1. The molecule has 1 aliphatic heterocycles. The second-order valence-corrected chi connectivity index (χ2v) is 5.86. The maximum Gasteiger partial charge on any atom is 0.0679 e. The number of β-amino-alcohol motifs (C(OH)–C–C–N with tert-alkyl or cyclic N) is 1. The summed E-state index contributed by atoms with van der Waals surface area (Å²) in [6, 6.07) is 8.26. The van der Waals surface area contributed by atoms with Crippen molar-refractivity contribution in [1.82, 2.24) is 4.90 Å². The highest BCUT2D eigenvalue weighted by atomic mass is 32.1. The first-order valence-corrected chi connectivity index (χ1v) is 6.71. The number of likely N-dealkylation sites (tertiary alicyclic amines) is 1. The Hall–Kier alpha value is -1.10. The van der Waals surface area contributed by atoms with Gasteiger partial charge in [0.05, 0.1) is 6.10 Å². The molecular formula is C13H16N2OS. The van der Waals surface area contributed by atoms with Crippen LogP contribution in [0.3, 0.4) is 0 Å². The molecule has 0 spiro atoms. The van der Waals surface area contributed by atoms with Gasteiger partial charge in [-0.25, -0.2) is 0 Å². The first-order valence-electron chi connectivity index (χ1n) is 5.89. The molecule has 4 heteroatoms. The van der Waals surface area contributed by atoms with Gasteiger partial charge in [0.25, 0.3) is 0 Å². The number of aliphatic hydroxyl groups is 1. The van der Waals surface area contributed by atoms with Crippen molar-refractivity contribution in [2.45, 2.75) is 19.1 Å². The van der Waals surface area contributed by atoms with Gasteiger partial charge in [-0.05, 0) is 36.1 Å². The third kappa shape index (κ3) is 2.29. The van der Waals surface area contributed by atoms with Gasteiger partial charge >= 0.3 is 0 Å². The van der Waals surface area contributed by atoms with Gasteiger partial charge in [-0.2, -0.15) is 0 Å². The number of benzene rings is 1. The second kappa shape index (κ2) is 4.29. The fourth-order valence-corrected chi connectivity index (χ4v) is 3.46. The molecule has 1 fully saturated rings. The van der Waals surface area contributed by atoms with Gasteiger partial charge in [-0.1, -0.05) is 0 Å². The molecule has 0 saturated carbocycles. The second-order valence-electron chi connectivity index (χ2n) is 4.69. The Morgan fingerprint density at radius 3 is 3.06 bits per heavy atom. The summed E-state index contributed by atoms with van der Waals surface area (Å²) in [6.07, 6.45) is 0.762. The van der Waals surface area contributed by atoms with E-state index in [1.54, 1.807) is 0 Å². The van der Waals surface area contributed by atoms with Crippen LogP contribution in [-0.2, 0) is 6.54 Å². The van der Waals surface area contributed by atoms with E-state index in [1.807, 2.05) is 23.5 Å². The van der Waals surface area contributed by atoms with Crippen molar-refractivity contribution in [3.05, 3.63) is 29.1 Å². The van der Waals surface area contributed by atoms with Crippen LogP contribution in [0.1, 0.15) is 11.3 Å². The first kappa shape index (κ1) is 11.0. The summed E-state index contributed by atoms with van der Waals surface area (Å²) in [5.41, 5.74) is 6.59. The minimum absolute atomic E-state index is 0.139. The zero-order valence-corrected chi connectivity index (χ0v) is 10.4. The number of rotatable bonds is 2. The molecule has 0 unspecified atom stereocenters. The van der Waals surface area contributed by atoms with Gasteiger partial charge < -0.3 is 10.8 Å². The molecule has 1 aromatic carbocycles. The first-order chi connectivity index (χ1) is 8.20. The Morgan fingerprint density at radius 2 is 2.29 bits per heavy atom. The van der Waals surface area contributed by atoms with Gasteiger partial charge in [0, 0.05) is 34.9 Å². The van der Waals surface area contributed by atoms with Crippen molar-refractivity contribution in [2.24, 2.45) is 0 Å². The highest BCUT2D eigenvalue weighted by Crippen LogP contribution is 2.28. The van der Waals surface area contributed by atoms with Crippen molar-refractivity contribution in [2.75, 3.05) is 18.8 Å². The predicted octanol–water partition coefficient (Wildman–Crippen LogP) is 2.05. The molecule has 17 heavy (non-hydrogen) atoms.